The number of halogens is 3. The molecule has 1 fully saturated rings. The first kappa shape index (κ1) is 27.0. The Morgan fingerprint density at radius 3 is 2.56 bits per heavy atom. The number of fused-ring (bicyclic) bond motifs is 1. The van der Waals surface area contributed by atoms with E-state index in [4.69, 9.17) is 0 Å². The predicted molar refractivity (Wildman–Crippen MR) is 147 cm³/mol. The van der Waals surface area contributed by atoms with Crippen molar-refractivity contribution in [2.75, 3.05) is 62.8 Å². The number of hydrogen-bond donors (Lipinski definition) is 3. The summed E-state index contributed by atoms with van der Waals surface area (Å²) in [4.78, 5) is 21.7. The molecule has 0 radical (unpaired) electrons. The lowest BCUT2D eigenvalue weighted by atomic mass is 9.93. The van der Waals surface area contributed by atoms with Crippen LogP contribution < -0.4 is 16.0 Å². The zero-order chi connectivity index (χ0) is 27.6. The van der Waals surface area contributed by atoms with E-state index in [-0.39, 0.29) is 29.8 Å². The largest absolute Gasteiger partial charge is 0.417 e. The van der Waals surface area contributed by atoms with Crippen molar-refractivity contribution < 1.29 is 18.0 Å². The fourth-order valence-electron chi connectivity index (χ4n) is 5.24. The predicted octanol–water partition coefficient (Wildman–Crippen LogP) is 4.70. The van der Waals surface area contributed by atoms with Gasteiger partial charge in [0.15, 0.2) is 0 Å². The summed E-state index contributed by atoms with van der Waals surface area (Å²) in [5.41, 5.74) is 2.74. The normalized spacial score (nSPS) is 16.0. The highest BCUT2D eigenvalue weighted by atomic mass is 19.4. The number of rotatable bonds is 7. The van der Waals surface area contributed by atoms with Crippen molar-refractivity contribution in [3.8, 4) is 0 Å². The zero-order valence-corrected chi connectivity index (χ0v) is 22.2. The van der Waals surface area contributed by atoms with Gasteiger partial charge in [-0.1, -0.05) is 18.2 Å². The Balaban J connectivity index is 1.52. The van der Waals surface area contributed by atoms with E-state index < -0.39 is 17.6 Å². The van der Waals surface area contributed by atoms with Crippen LogP contribution in [-0.4, -0.2) is 67.5 Å². The average Bonchev–Trinajstić information content (AvgIpc) is 3.39. The summed E-state index contributed by atoms with van der Waals surface area (Å²) in [5, 5.41) is 8.95. The Hall–Kier alpha value is -3.63. The Morgan fingerprint density at radius 1 is 1.08 bits per heavy atom. The van der Waals surface area contributed by atoms with E-state index in [1.807, 2.05) is 18.0 Å². The van der Waals surface area contributed by atoms with Gasteiger partial charge in [-0.05, 0) is 60.0 Å². The first-order valence-electron chi connectivity index (χ1n) is 13.1. The number of nitrogens with one attached hydrogen (secondary N) is 3. The second-order valence-corrected chi connectivity index (χ2v) is 10.2. The molecule has 39 heavy (non-hydrogen) atoms. The van der Waals surface area contributed by atoms with Crippen molar-refractivity contribution in [2.45, 2.75) is 25.6 Å². The van der Waals surface area contributed by atoms with Crippen LogP contribution >= 0.6 is 0 Å². The third-order valence-corrected chi connectivity index (χ3v) is 7.46. The minimum absolute atomic E-state index is 0.0240. The maximum absolute atomic E-state index is 14.8. The van der Waals surface area contributed by atoms with Crippen LogP contribution in [0.15, 0.2) is 48.7 Å². The Bertz CT molecular complexity index is 1330. The van der Waals surface area contributed by atoms with Crippen LogP contribution in [0.5, 0.6) is 0 Å². The van der Waals surface area contributed by atoms with Crippen molar-refractivity contribution in [2.24, 2.45) is 0 Å². The van der Waals surface area contributed by atoms with E-state index in [9.17, 15) is 18.0 Å². The van der Waals surface area contributed by atoms with Gasteiger partial charge in [-0.25, -0.2) is 4.98 Å². The molecule has 0 saturated carbocycles. The number of likely N-dealkylation sites (N-methyl/N-ethyl adjacent to an activating group) is 1. The van der Waals surface area contributed by atoms with Crippen LogP contribution in [-0.2, 0) is 25.6 Å². The van der Waals surface area contributed by atoms with E-state index >= 15 is 0 Å². The first-order valence-corrected chi connectivity index (χ1v) is 13.1. The van der Waals surface area contributed by atoms with Crippen molar-refractivity contribution in [1.82, 2.24) is 14.8 Å². The van der Waals surface area contributed by atoms with Crippen LogP contribution in [0.3, 0.4) is 0 Å². The lowest BCUT2D eigenvalue weighted by Gasteiger charge is -2.33. The molecule has 1 amide bonds. The number of carbonyl (C=O) groups excluding carboxylic acids is 1. The summed E-state index contributed by atoms with van der Waals surface area (Å²) >= 11 is 0. The van der Waals surface area contributed by atoms with E-state index in [1.165, 1.54) is 6.07 Å². The van der Waals surface area contributed by atoms with Crippen LogP contribution in [0.4, 0.5) is 30.4 Å². The van der Waals surface area contributed by atoms with Gasteiger partial charge in [0.2, 0.25) is 0 Å². The molecule has 0 atom stereocenters. The minimum Gasteiger partial charge on any atom is -0.384 e. The van der Waals surface area contributed by atoms with Crippen molar-refractivity contribution in [1.29, 1.82) is 0 Å². The van der Waals surface area contributed by atoms with Gasteiger partial charge in [0.05, 0.1) is 5.56 Å². The number of carbonyl (C=O) groups is 1. The summed E-state index contributed by atoms with van der Waals surface area (Å²) in [6, 6.07) is 12.0. The molecule has 3 N–H and O–H groups in total. The number of benzene rings is 2. The highest BCUT2D eigenvalue weighted by Crippen LogP contribution is 2.40. The van der Waals surface area contributed by atoms with Gasteiger partial charge in [0, 0.05) is 75.9 Å². The van der Waals surface area contributed by atoms with Gasteiger partial charge in [0.25, 0.3) is 5.91 Å². The quantitative estimate of drug-likeness (QED) is 0.405. The molecule has 2 aliphatic heterocycles. The standard InChI is InChI=1S/C29H33F3N6O/c1-33-26-8-3-19(17-35-26)15-23-24(36-28(39)21-5-4-20-9-10-34-25(20)16-21)7-6-22(27(23)29(30,31)32)18-38-13-11-37(2)12-14-38/h3-8,16-17,34H,9-15,18H2,1-2H3,(H,33,35)(H,36,39). The Kier molecular flexibility index (Phi) is 7.76. The van der Waals surface area contributed by atoms with Gasteiger partial charge in [-0.15, -0.1) is 0 Å². The molecule has 10 heteroatoms. The molecule has 0 bridgehead atoms. The van der Waals surface area contributed by atoms with Gasteiger partial charge in [0.1, 0.15) is 5.82 Å². The van der Waals surface area contributed by atoms with Crippen molar-refractivity contribution in [3.05, 3.63) is 82.0 Å². The fourth-order valence-corrected chi connectivity index (χ4v) is 5.24. The lowest BCUT2D eigenvalue weighted by molar-refractivity contribution is -0.139. The number of hydrogen-bond acceptors (Lipinski definition) is 6. The zero-order valence-electron chi connectivity index (χ0n) is 22.2. The van der Waals surface area contributed by atoms with Crippen molar-refractivity contribution >= 4 is 23.1 Å². The van der Waals surface area contributed by atoms with Crippen LogP contribution in [0.25, 0.3) is 0 Å². The summed E-state index contributed by atoms with van der Waals surface area (Å²) in [6.45, 7) is 4.00. The number of amides is 1. The number of anilines is 3. The maximum atomic E-state index is 14.8. The molecule has 0 aliphatic carbocycles. The Morgan fingerprint density at radius 2 is 1.87 bits per heavy atom. The highest BCUT2D eigenvalue weighted by molar-refractivity contribution is 6.05. The van der Waals surface area contributed by atoms with Crippen LogP contribution in [0.1, 0.15) is 38.2 Å². The van der Waals surface area contributed by atoms with Gasteiger partial charge in [-0.3, -0.25) is 9.69 Å². The molecule has 206 valence electrons. The summed E-state index contributed by atoms with van der Waals surface area (Å²) in [5.74, 6) is 0.175. The molecule has 2 aliphatic rings. The van der Waals surface area contributed by atoms with E-state index in [0.29, 0.717) is 30.0 Å². The number of piperazine rings is 1. The molecule has 2 aromatic carbocycles. The van der Waals surface area contributed by atoms with Crippen LogP contribution in [0.2, 0.25) is 0 Å². The SMILES string of the molecule is CNc1ccc(Cc2c(NC(=O)c3ccc4c(c3)NCC4)ccc(CN3CCN(C)CC3)c2C(F)(F)F)cn1. The fraction of sp³-hybridized carbons (Fsp3) is 0.379. The monoisotopic (exact) mass is 538 g/mol. The van der Waals surface area contributed by atoms with E-state index in [2.05, 4.69) is 25.8 Å². The highest BCUT2D eigenvalue weighted by Gasteiger charge is 2.38. The van der Waals surface area contributed by atoms with E-state index in [1.54, 1.807) is 43.6 Å². The van der Waals surface area contributed by atoms with Gasteiger partial charge >= 0.3 is 6.18 Å². The summed E-state index contributed by atoms with van der Waals surface area (Å²) in [7, 11) is 3.74. The second-order valence-electron chi connectivity index (χ2n) is 10.2. The van der Waals surface area contributed by atoms with Crippen molar-refractivity contribution in [3.63, 3.8) is 0 Å². The molecular weight excluding hydrogens is 505 g/mol. The molecule has 0 unspecified atom stereocenters. The third-order valence-electron chi connectivity index (χ3n) is 7.46. The molecule has 7 nitrogen and oxygen atoms in total. The minimum atomic E-state index is -4.60. The molecular formula is C29H33F3N6O. The second kappa shape index (κ2) is 11.2. The number of alkyl halides is 3. The first-order chi connectivity index (χ1) is 18.7. The summed E-state index contributed by atoms with van der Waals surface area (Å²) in [6.07, 6.45) is -2.18. The topological polar surface area (TPSA) is 72.5 Å². The molecule has 0 spiro atoms. The average molecular weight is 539 g/mol. The maximum Gasteiger partial charge on any atom is 0.417 e. The number of aromatic nitrogens is 1. The molecule has 3 aromatic rings. The molecule has 1 saturated heterocycles. The number of pyridine rings is 1. The van der Waals surface area contributed by atoms with E-state index in [0.717, 1.165) is 37.3 Å². The molecule has 1 aromatic heterocycles. The third kappa shape index (κ3) is 6.17. The van der Waals surface area contributed by atoms with Crippen LogP contribution in [0, 0.1) is 0 Å². The molecule has 3 heterocycles. The smallest absolute Gasteiger partial charge is 0.384 e. The molecule has 5 rings (SSSR count). The Labute approximate surface area is 226 Å². The summed E-state index contributed by atoms with van der Waals surface area (Å²) < 4.78 is 44.3. The van der Waals surface area contributed by atoms with Gasteiger partial charge in [-0.2, -0.15) is 13.2 Å². The number of nitrogens with zero attached hydrogens (tertiary/aromatic N) is 3. The lowest BCUT2D eigenvalue weighted by Crippen LogP contribution is -2.44. The van der Waals surface area contributed by atoms with Gasteiger partial charge < -0.3 is 20.9 Å².